The molecule has 0 unspecified atom stereocenters. The average Bonchev–Trinajstić information content (AvgIpc) is 3.33. The zero-order chi connectivity index (χ0) is 23.9. The molecule has 1 aliphatic heterocycles. The molecule has 1 N–H and O–H groups in total. The third-order valence-electron chi connectivity index (χ3n) is 7.21. The lowest BCUT2D eigenvalue weighted by molar-refractivity contribution is -0.127. The predicted molar refractivity (Wildman–Crippen MR) is 129 cm³/mol. The van der Waals surface area contributed by atoms with Crippen LogP contribution in [0.15, 0.2) is 41.0 Å². The summed E-state index contributed by atoms with van der Waals surface area (Å²) >= 11 is 0. The van der Waals surface area contributed by atoms with Gasteiger partial charge in [0, 0.05) is 29.9 Å². The molecule has 0 bridgehead atoms. The number of anilines is 1. The summed E-state index contributed by atoms with van der Waals surface area (Å²) in [6.45, 7) is 2.15. The van der Waals surface area contributed by atoms with Gasteiger partial charge >= 0.3 is 0 Å². The number of methoxy groups -OCH3 is 2. The van der Waals surface area contributed by atoms with E-state index >= 15 is 0 Å². The Morgan fingerprint density at radius 3 is 2.50 bits per heavy atom. The summed E-state index contributed by atoms with van der Waals surface area (Å²) in [5.41, 5.74) is 1.35. The Hall–Kier alpha value is -3.42. The zero-order valence-electron chi connectivity index (χ0n) is 19.9. The van der Waals surface area contributed by atoms with Crippen LogP contribution in [0.1, 0.15) is 55.9 Å². The van der Waals surface area contributed by atoms with Gasteiger partial charge in [0.15, 0.2) is 17.1 Å². The number of aromatic nitrogens is 1. The second-order valence-corrected chi connectivity index (χ2v) is 9.40. The second-order valence-electron chi connectivity index (χ2n) is 9.40. The van der Waals surface area contributed by atoms with Gasteiger partial charge in [-0.05, 0) is 31.9 Å². The maximum atomic E-state index is 13.9. The van der Waals surface area contributed by atoms with E-state index < -0.39 is 5.54 Å². The maximum absolute atomic E-state index is 13.9. The van der Waals surface area contributed by atoms with E-state index in [2.05, 4.69) is 5.32 Å². The molecule has 2 amide bonds. The minimum atomic E-state index is -1.15. The molecule has 8 nitrogen and oxygen atoms in total. The molecule has 0 spiro atoms. The first-order chi connectivity index (χ1) is 16.5. The van der Waals surface area contributed by atoms with Crippen molar-refractivity contribution in [1.29, 1.82) is 0 Å². The summed E-state index contributed by atoms with van der Waals surface area (Å²) in [5.74, 6) is 0.636. The number of nitrogens with zero attached hydrogens (tertiary/aromatic N) is 2. The Morgan fingerprint density at radius 2 is 1.79 bits per heavy atom. The summed E-state index contributed by atoms with van der Waals surface area (Å²) in [6, 6.07) is 8.99. The molecule has 1 saturated carbocycles. The highest BCUT2D eigenvalue weighted by Gasteiger charge is 2.49. The van der Waals surface area contributed by atoms with Crippen LogP contribution in [-0.2, 0) is 11.3 Å². The number of ether oxygens (including phenoxy) is 2. The van der Waals surface area contributed by atoms with Gasteiger partial charge in [-0.15, -0.1) is 0 Å². The number of hydrogen-bond donors (Lipinski definition) is 1. The van der Waals surface area contributed by atoms with Gasteiger partial charge in [-0.1, -0.05) is 25.7 Å². The summed E-state index contributed by atoms with van der Waals surface area (Å²) in [4.78, 5) is 29.4. The van der Waals surface area contributed by atoms with Crippen LogP contribution in [0.25, 0.3) is 11.1 Å². The molecule has 3 heterocycles. The van der Waals surface area contributed by atoms with E-state index in [9.17, 15) is 9.59 Å². The third kappa shape index (κ3) is 3.61. The minimum absolute atomic E-state index is 0.120. The third-order valence-corrected chi connectivity index (χ3v) is 7.21. The number of carbonyl (C=O) groups is 2. The average molecular weight is 466 g/mol. The molecule has 180 valence electrons. The molecular formula is C26H31N3O5. The maximum Gasteiger partial charge on any atom is 0.276 e. The van der Waals surface area contributed by atoms with Gasteiger partial charge in [0.05, 0.1) is 32.5 Å². The number of nitrogens with one attached hydrogen (secondary N) is 1. The van der Waals surface area contributed by atoms with Crippen LogP contribution >= 0.6 is 0 Å². The summed E-state index contributed by atoms with van der Waals surface area (Å²) in [7, 11) is 3.12. The van der Waals surface area contributed by atoms with Crippen molar-refractivity contribution in [3.63, 3.8) is 0 Å². The Bertz CT molecular complexity index is 1220. The fraction of sp³-hybridized carbons (Fsp3) is 0.462. The summed E-state index contributed by atoms with van der Waals surface area (Å²) < 4.78 is 18.3. The van der Waals surface area contributed by atoms with Gasteiger partial charge in [-0.3, -0.25) is 14.5 Å². The SMILES string of the molecule is COc1ccc(N2C(=O)c3cc4occc4n3C[C@@]2(C)C(=O)NC2CCCCCC2)cc1OC. The van der Waals surface area contributed by atoms with Crippen molar-refractivity contribution in [3.05, 3.63) is 42.3 Å². The highest BCUT2D eigenvalue weighted by Crippen LogP contribution is 2.39. The van der Waals surface area contributed by atoms with Crippen LogP contribution in [0.5, 0.6) is 11.5 Å². The first-order valence-corrected chi connectivity index (χ1v) is 11.9. The van der Waals surface area contributed by atoms with Gasteiger partial charge in [-0.2, -0.15) is 0 Å². The van der Waals surface area contributed by atoms with Gasteiger partial charge in [0.1, 0.15) is 11.2 Å². The topological polar surface area (TPSA) is 85.9 Å². The quantitative estimate of drug-likeness (QED) is 0.561. The van der Waals surface area contributed by atoms with Crippen LogP contribution < -0.4 is 19.7 Å². The Balaban J connectivity index is 1.59. The number of carbonyl (C=O) groups excluding carboxylic acids is 2. The van der Waals surface area contributed by atoms with Crippen molar-refractivity contribution in [2.75, 3.05) is 19.1 Å². The van der Waals surface area contributed by atoms with Gasteiger partial charge in [0.25, 0.3) is 5.91 Å². The standard InChI is InChI=1S/C26H31N3O5/c1-26(25(31)27-17-8-6-4-5-7-9-17)16-28-19-12-13-34-22(19)15-20(28)24(30)29(26)18-10-11-21(32-2)23(14-18)33-3/h10-15,17H,4-9,16H2,1-3H3,(H,27,31)/t26-/m0/s1. The molecule has 1 aromatic carbocycles. The Morgan fingerprint density at radius 1 is 1.06 bits per heavy atom. The number of fused-ring (bicyclic) bond motifs is 3. The van der Waals surface area contributed by atoms with Crippen molar-refractivity contribution in [2.24, 2.45) is 0 Å². The van der Waals surface area contributed by atoms with Crippen LogP contribution in [-0.4, -0.2) is 42.2 Å². The highest BCUT2D eigenvalue weighted by molar-refractivity contribution is 6.13. The lowest BCUT2D eigenvalue weighted by atomic mass is 9.92. The van der Waals surface area contributed by atoms with Crippen LogP contribution in [0, 0.1) is 0 Å². The van der Waals surface area contributed by atoms with Crippen molar-refractivity contribution in [2.45, 2.75) is 63.6 Å². The number of hydrogen-bond acceptors (Lipinski definition) is 5. The predicted octanol–water partition coefficient (Wildman–Crippen LogP) is 4.51. The molecule has 8 heteroatoms. The molecule has 0 radical (unpaired) electrons. The summed E-state index contributed by atoms with van der Waals surface area (Å²) in [5, 5.41) is 3.28. The molecular weight excluding hydrogens is 434 g/mol. The molecule has 2 aliphatic rings. The van der Waals surface area contributed by atoms with E-state index in [4.69, 9.17) is 13.9 Å². The van der Waals surface area contributed by atoms with Crippen LogP contribution in [0.4, 0.5) is 5.69 Å². The van der Waals surface area contributed by atoms with E-state index in [0.717, 1.165) is 31.2 Å². The van der Waals surface area contributed by atoms with Crippen molar-refractivity contribution >= 4 is 28.6 Å². The minimum Gasteiger partial charge on any atom is -0.493 e. The van der Waals surface area contributed by atoms with E-state index in [1.54, 1.807) is 49.6 Å². The zero-order valence-corrected chi connectivity index (χ0v) is 19.9. The van der Waals surface area contributed by atoms with Crippen molar-refractivity contribution < 1.29 is 23.5 Å². The molecule has 5 rings (SSSR count). The van der Waals surface area contributed by atoms with Gasteiger partial charge in [-0.25, -0.2) is 0 Å². The van der Waals surface area contributed by atoms with Crippen molar-refractivity contribution in [1.82, 2.24) is 9.88 Å². The fourth-order valence-corrected chi connectivity index (χ4v) is 5.35. The first-order valence-electron chi connectivity index (χ1n) is 11.9. The van der Waals surface area contributed by atoms with Gasteiger partial charge < -0.3 is 23.8 Å². The smallest absolute Gasteiger partial charge is 0.276 e. The Labute approximate surface area is 198 Å². The van der Waals surface area contributed by atoms with Crippen LogP contribution in [0.2, 0.25) is 0 Å². The van der Waals surface area contributed by atoms with Gasteiger partial charge in [0.2, 0.25) is 5.91 Å². The molecule has 1 aliphatic carbocycles. The van der Waals surface area contributed by atoms with Crippen LogP contribution in [0.3, 0.4) is 0 Å². The summed E-state index contributed by atoms with van der Waals surface area (Å²) in [6.07, 6.45) is 8.15. The van der Waals surface area contributed by atoms with E-state index in [0.29, 0.717) is 35.0 Å². The highest BCUT2D eigenvalue weighted by atomic mass is 16.5. The van der Waals surface area contributed by atoms with E-state index in [1.165, 1.54) is 12.8 Å². The Kier molecular flexibility index (Phi) is 5.75. The fourth-order valence-electron chi connectivity index (χ4n) is 5.35. The molecule has 1 fully saturated rings. The lowest BCUT2D eigenvalue weighted by Gasteiger charge is -2.44. The lowest BCUT2D eigenvalue weighted by Crippen LogP contribution is -2.65. The largest absolute Gasteiger partial charge is 0.493 e. The molecule has 0 saturated heterocycles. The first kappa shape index (κ1) is 22.4. The number of amides is 2. The number of rotatable bonds is 5. The van der Waals surface area contributed by atoms with E-state index in [1.807, 2.05) is 17.6 Å². The normalized spacial score (nSPS) is 21.3. The second kappa shape index (κ2) is 8.74. The number of benzene rings is 1. The van der Waals surface area contributed by atoms with Crippen molar-refractivity contribution in [3.8, 4) is 11.5 Å². The van der Waals surface area contributed by atoms with E-state index in [-0.39, 0.29) is 17.9 Å². The molecule has 34 heavy (non-hydrogen) atoms. The molecule has 2 aromatic heterocycles. The molecule has 3 aromatic rings. The molecule has 1 atom stereocenters. The monoisotopic (exact) mass is 465 g/mol. The number of furan rings is 1.